The van der Waals surface area contributed by atoms with Gasteiger partial charge >= 0.3 is 6.61 Å². The maximum Gasteiger partial charge on any atom is 0.387 e. The van der Waals surface area contributed by atoms with E-state index in [-0.39, 0.29) is 5.75 Å². The molecule has 4 aromatic carbocycles. The van der Waals surface area contributed by atoms with Crippen LogP contribution in [0.2, 0.25) is 0 Å². The number of hydrogen-bond donors (Lipinski definition) is 1. The molecule has 7 rings (SSSR count). The molecule has 2 aliphatic heterocycles. The number of anilines is 2. The number of nitrogens with zero attached hydrogens (tertiary/aromatic N) is 5. The fourth-order valence-corrected chi connectivity index (χ4v) is 5.56. The molecule has 8 nitrogen and oxygen atoms in total. The van der Waals surface area contributed by atoms with Crippen molar-refractivity contribution in [3.05, 3.63) is 120 Å². The minimum Gasteiger partial charge on any atom is -0.497 e. The molecule has 0 saturated carbocycles. The third-order valence-corrected chi connectivity index (χ3v) is 7.42. The molecule has 214 valence electrons. The van der Waals surface area contributed by atoms with Gasteiger partial charge in [-0.25, -0.2) is 14.7 Å². The van der Waals surface area contributed by atoms with E-state index in [9.17, 15) is 8.78 Å². The van der Waals surface area contributed by atoms with Crippen molar-refractivity contribution in [3.8, 4) is 17.2 Å². The Morgan fingerprint density at radius 3 is 2.33 bits per heavy atom. The maximum atomic E-state index is 13.7. The number of aliphatic imine (C=N–C) groups is 2. The number of methoxy groups -OCH3 is 1. The van der Waals surface area contributed by atoms with E-state index in [1.54, 1.807) is 30.0 Å². The van der Waals surface area contributed by atoms with Gasteiger partial charge in [0.1, 0.15) is 11.5 Å². The number of para-hydroxylation sites is 4. The lowest BCUT2D eigenvalue weighted by Gasteiger charge is -2.41. The van der Waals surface area contributed by atoms with Crippen LogP contribution >= 0.6 is 0 Å². The van der Waals surface area contributed by atoms with Crippen molar-refractivity contribution < 1.29 is 18.3 Å². The highest BCUT2D eigenvalue weighted by molar-refractivity contribution is 6.51. The molecular weight excluding hydrogens is 550 g/mol. The number of aromatic nitrogens is 2. The lowest BCUT2D eigenvalue weighted by molar-refractivity contribution is -0.0505. The second kappa shape index (κ2) is 10.7. The van der Waals surface area contributed by atoms with Crippen LogP contribution in [0.15, 0.2) is 113 Å². The van der Waals surface area contributed by atoms with Gasteiger partial charge in [-0.05, 0) is 61.5 Å². The van der Waals surface area contributed by atoms with E-state index in [4.69, 9.17) is 24.6 Å². The molecule has 1 atom stereocenters. The number of hydrogen-bond acceptors (Lipinski definition) is 7. The molecule has 43 heavy (non-hydrogen) atoms. The monoisotopic (exact) mass is 576 g/mol. The number of halogens is 2. The van der Waals surface area contributed by atoms with Crippen LogP contribution < -0.4 is 19.7 Å². The van der Waals surface area contributed by atoms with E-state index in [1.807, 2.05) is 96.8 Å². The molecule has 0 bridgehead atoms. The second-order valence-electron chi connectivity index (χ2n) is 10.00. The normalized spacial score (nSPS) is 15.2. The molecule has 0 radical (unpaired) electrons. The van der Waals surface area contributed by atoms with Crippen LogP contribution in [0.25, 0.3) is 5.69 Å². The number of alkyl halides is 2. The van der Waals surface area contributed by atoms with Gasteiger partial charge in [0.2, 0.25) is 0 Å². The van der Waals surface area contributed by atoms with Gasteiger partial charge < -0.3 is 19.7 Å². The van der Waals surface area contributed by atoms with Gasteiger partial charge in [0, 0.05) is 16.8 Å². The summed E-state index contributed by atoms with van der Waals surface area (Å²) in [5.74, 6) is 2.38. The van der Waals surface area contributed by atoms with E-state index in [2.05, 4.69) is 5.32 Å². The summed E-state index contributed by atoms with van der Waals surface area (Å²) in [6.45, 7) is -1.09. The SMILES string of the molecule is COc1ccc(NC2=Nc3ccccc3N3C2=Nc2c(c(C)nn2-c2ccccc2)[C@H]3c2ccccc2OC(F)F)cc1. The van der Waals surface area contributed by atoms with Gasteiger partial charge in [-0.1, -0.05) is 48.5 Å². The summed E-state index contributed by atoms with van der Waals surface area (Å²) in [6, 6.07) is 31.1. The third-order valence-electron chi connectivity index (χ3n) is 7.42. The molecule has 0 aliphatic carbocycles. The molecule has 1 N–H and O–H groups in total. The highest BCUT2D eigenvalue weighted by Crippen LogP contribution is 2.50. The average molecular weight is 577 g/mol. The average Bonchev–Trinajstić information content (AvgIpc) is 3.37. The Labute approximate surface area is 246 Å². The van der Waals surface area contributed by atoms with Crippen LogP contribution in [0.1, 0.15) is 22.9 Å². The Bertz CT molecular complexity index is 1870. The van der Waals surface area contributed by atoms with Crippen LogP contribution in [0.5, 0.6) is 11.5 Å². The molecule has 0 unspecified atom stereocenters. The maximum absolute atomic E-state index is 13.7. The van der Waals surface area contributed by atoms with E-state index in [1.165, 1.54) is 0 Å². The first-order valence-electron chi connectivity index (χ1n) is 13.7. The van der Waals surface area contributed by atoms with E-state index < -0.39 is 12.7 Å². The molecule has 10 heteroatoms. The summed E-state index contributed by atoms with van der Waals surface area (Å²) in [5, 5.41) is 8.32. The third kappa shape index (κ3) is 4.66. The Morgan fingerprint density at radius 2 is 1.56 bits per heavy atom. The number of benzene rings is 4. The molecule has 3 heterocycles. The predicted molar refractivity (Wildman–Crippen MR) is 163 cm³/mol. The predicted octanol–water partition coefficient (Wildman–Crippen LogP) is 7.59. The molecule has 0 fully saturated rings. The van der Waals surface area contributed by atoms with Gasteiger partial charge in [0.25, 0.3) is 0 Å². The fraction of sp³-hybridized carbons (Fsp3) is 0.121. The quantitative estimate of drug-likeness (QED) is 0.225. The molecular formula is C33H26F2N6O2. The summed E-state index contributed by atoms with van der Waals surface area (Å²) >= 11 is 0. The molecule has 0 saturated heterocycles. The summed E-state index contributed by atoms with van der Waals surface area (Å²) < 4.78 is 39.5. The minimum absolute atomic E-state index is 0.0752. The fourth-order valence-electron chi connectivity index (χ4n) is 5.56. The van der Waals surface area contributed by atoms with E-state index in [0.29, 0.717) is 34.4 Å². The summed E-state index contributed by atoms with van der Waals surface area (Å²) in [5.41, 5.74) is 5.10. The summed E-state index contributed by atoms with van der Waals surface area (Å²) in [4.78, 5) is 12.2. The zero-order valence-electron chi connectivity index (χ0n) is 23.3. The number of aryl methyl sites for hydroxylation is 1. The van der Waals surface area contributed by atoms with Crippen molar-refractivity contribution >= 4 is 34.6 Å². The van der Waals surface area contributed by atoms with Crippen molar-refractivity contribution in [1.82, 2.24) is 9.78 Å². The highest BCUT2D eigenvalue weighted by atomic mass is 19.3. The Kier molecular flexibility index (Phi) is 6.58. The van der Waals surface area contributed by atoms with Gasteiger partial charge in [0.15, 0.2) is 17.5 Å². The highest BCUT2D eigenvalue weighted by Gasteiger charge is 2.42. The zero-order valence-corrected chi connectivity index (χ0v) is 23.3. The smallest absolute Gasteiger partial charge is 0.387 e. The summed E-state index contributed by atoms with van der Waals surface area (Å²) in [6.07, 6.45) is 0. The largest absolute Gasteiger partial charge is 0.497 e. The standard InChI is InChI=1S/C33H26F2N6O2/c1-20-28-29(24-12-6-9-15-27(24)43-33(34)35)40-26-14-8-7-13-25(26)37-30(36-21-16-18-23(42-2)19-17-21)32(40)38-31(28)41(39-20)22-10-4-3-5-11-22/h3-19,29,33H,1-2H3,(H,36,37)/t29-/m1/s1. The lowest BCUT2D eigenvalue weighted by Crippen LogP contribution is -2.46. The first-order chi connectivity index (χ1) is 21.0. The number of rotatable bonds is 6. The number of nitrogens with one attached hydrogen (secondary N) is 1. The Morgan fingerprint density at radius 1 is 0.837 bits per heavy atom. The second-order valence-corrected chi connectivity index (χ2v) is 10.00. The van der Waals surface area contributed by atoms with Crippen molar-refractivity contribution in [2.45, 2.75) is 19.6 Å². The molecule has 5 aromatic rings. The van der Waals surface area contributed by atoms with E-state index >= 15 is 0 Å². The number of ether oxygens (including phenoxy) is 2. The molecule has 0 spiro atoms. The van der Waals surface area contributed by atoms with Crippen molar-refractivity contribution in [3.63, 3.8) is 0 Å². The van der Waals surface area contributed by atoms with Crippen molar-refractivity contribution in [2.24, 2.45) is 9.98 Å². The van der Waals surface area contributed by atoms with Gasteiger partial charge in [-0.3, -0.25) is 0 Å². The van der Waals surface area contributed by atoms with Crippen LogP contribution in [0, 0.1) is 6.92 Å². The van der Waals surface area contributed by atoms with Crippen LogP contribution in [-0.2, 0) is 0 Å². The van der Waals surface area contributed by atoms with Crippen LogP contribution in [-0.4, -0.2) is 35.2 Å². The molecule has 2 aliphatic rings. The number of fused-ring (bicyclic) bond motifs is 4. The van der Waals surface area contributed by atoms with Gasteiger partial charge in [0.05, 0.1) is 35.9 Å². The molecule has 0 amide bonds. The first-order valence-corrected chi connectivity index (χ1v) is 13.7. The lowest BCUT2D eigenvalue weighted by atomic mass is 9.92. The van der Waals surface area contributed by atoms with Gasteiger partial charge in [-0.2, -0.15) is 13.9 Å². The van der Waals surface area contributed by atoms with Crippen molar-refractivity contribution in [2.75, 3.05) is 17.3 Å². The first kappa shape index (κ1) is 26.4. The van der Waals surface area contributed by atoms with Crippen LogP contribution in [0.3, 0.4) is 0 Å². The zero-order chi connectivity index (χ0) is 29.5. The number of amidine groups is 2. The Hall–Kier alpha value is -5.51. The minimum atomic E-state index is -2.99. The Balaban J connectivity index is 1.49. The van der Waals surface area contributed by atoms with Gasteiger partial charge in [-0.15, -0.1) is 0 Å². The molecule has 1 aromatic heterocycles. The van der Waals surface area contributed by atoms with E-state index in [0.717, 1.165) is 28.4 Å². The topological polar surface area (TPSA) is 76.3 Å². The van der Waals surface area contributed by atoms with Crippen molar-refractivity contribution in [1.29, 1.82) is 0 Å². The van der Waals surface area contributed by atoms with Crippen LogP contribution in [0.4, 0.5) is 31.7 Å². The summed E-state index contributed by atoms with van der Waals surface area (Å²) in [7, 11) is 1.62.